The maximum absolute atomic E-state index is 3.82. The second-order valence-corrected chi connectivity index (χ2v) is 8.14. The van der Waals surface area contributed by atoms with Gasteiger partial charge in [0.05, 0.1) is 0 Å². The first-order valence-electron chi connectivity index (χ1n) is 10.2. The summed E-state index contributed by atoms with van der Waals surface area (Å²) >= 11 is 0. The Balaban J connectivity index is 1.52. The summed E-state index contributed by atoms with van der Waals surface area (Å²) in [5, 5.41) is 7.62. The molecule has 0 aliphatic heterocycles. The molecule has 1 aliphatic rings. The quantitative estimate of drug-likeness (QED) is 0.707. The minimum absolute atomic E-state index is 0.568. The zero-order valence-corrected chi connectivity index (χ0v) is 16.6. The highest BCUT2D eigenvalue weighted by molar-refractivity contribution is 5.25. The molecule has 2 atom stereocenters. The van der Waals surface area contributed by atoms with Gasteiger partial charge in [-0.15, -0.1) is 0 Å². The van der Waals surface area contributed by atoms with Crippen LogP contribution < -0.4 is 10.6 Å². The molecule has 2 nitrogen and oxygen atoms in total. The third-order valence-corrected chi connectivity index (χ3v) is 5.67. The molecule has 0 amide bonds. The van der Waals surface area contributed by atoms with E-state index in [0.717, 1.165) is 13.1 Å². The minimum atomic E-state index is 0.568. The molecule has 2 aromatic rings. The molecule has 1 aliphatic carbocycles. The molecule has 3 rings (SSSR count). The summed E-state index contributed by atoms with van der Waals surface area (Å²) in [5.41, 5.74) is 5.51. The van der Waals surface area contributed by atoms with E-state index in [2.05, 4.69) is 79.9 Å². The maximum Gasteiger partial charge on any atom is 0.0224 e. The first-order valence-corrected chi connectivity index (χ1v) is 10.2. The summed E-state index contributed by atoms with van der Waals surface area (Å²) in [6.45, 7) is 8.57. The van der Waals surface area contributed by atoms with Crippen LogP contribution in [0.5, 0.6) is 0 Å². The summed E-state index contributed by atoms with van der Waals surface area (Å²) in [5.74, 6) is 0.603. The van der Waals surface area contributed by atoms with Gasteiger partial charge < -0.3 is 10.6 Å². The smallest absolute Gasteiger partial charge is 0.0224 e. The second kappa shape index (κ2) is 9.34. The van der Waals surface area contributed by atoms with Crippen molar-refractivity contribution in [3.63, 3.8) is 0 Å². The lowest BCUT2D eigenvalue weighted by Gasteiger charge is -2.33. The van der Waals surface area contributed by atoms with Gasteiger partial charge in [-0.2, -0.15) is 0 Å². The third-order valence-electron chi connectivity index (χ3n) is 5.67. The Kier molecular flexibility index (Phi) is 6.87. The van der Waals surface area contributed by atoms with Crippen molar-refractivity contribution in [2.24, 2.45) is 0 Å². The van der Waals surface area contributed by atoms with E-state index in [-0.39, 0.29) is 0 Å². The summed E-state index contributed by atoms with van der Waals surface area (Å²) in [7, 11) is 0. The Morgan fingerprint density at radius 1 is 0.769 bits per heavy atom. The van der Waals surface area contributed by atoms with Crippen molar-refractivity contribution in [3.05, 3.63) is 70.8 Å². The van der Waals surface area contributed by atoms with Crippen LogP contribution in [0.15, 0.2) is 48.5 Å². The Morgan fingerprint density at radius 3 is 1.69 bits per heavy atom. The molecular formula is C24H34N2. The Hall–Kier alpha value is -1.64. The van der Waals surface area contributed by atoms with Crippen molar-refractivity contribution in [2.75, 3.05) is 0 Å². The van der Waals surface area contributed by atoms with Crippen LogP contribution in [-0.4, -0.2) is 12.1 Å². The van der Waals surface area contributed by atoms with Crippen molar-refractivity contribution < 1.29 is 0 Å². The Bertz CT molecular complexity index is 658. The molecule has 26 heavy (non-hydrogen) atoms. The molecule has 0 radical (unpaired) electrons. The van der Waals surface area contributed by atoms with E-state index < -0.39 is 0 Å². The number of aryl methyl sites for hydroxylation is 1. The van der Waals surface area contributed by atoms with Gasteiger partial charge in [0.15, 0.2) is 0 Å². The maximum atomic E-state index is 3.82. The monoisotopic (exact) mass is 350 g/mol. The molecule has 2 heteroatoms. The number of hydrogen-bond acceptors (Lipinski definition) is 2. The predicted octanol–water partition coefficient (Wildman–Crippen LogP) is 5.31. The molecule has 2 aromatic carbocycles. The fourth-order valence-electron chi connectivity index (χ4n) is 3.84. The van der Waals surface area contributed by atoms with E-state index in [4.69, 9.17) is 0 Å². The summed E-state index contributed by atoms with van der Waals surface area (Å²) in [6, 6.07) is 19.1. The standard InChI is InChI=1S/C24H34N2/c1-18(2)22-14-12-21(13-15-22)17-26-24-7-5-4-6-23(24)25-16-20-10-8-19(3)9-11-20/h8-15,18,23-26H,4-7,16-17H2,1-3H3. The Labute approximate surface area is 159 Å². The lowest BCUT2D eigenvalue weighted by atomic mass is 9.90. The van der Waals surface area contributed by atoms with E-state index in [1.165, 1.54) is 47.9 Å². The number of nitrogens with one attached hydrogen (secondary N) is 2. The van der Waals surface area contributed by atoms with Crippen LogP contribution in [0.4, 0.5) is 0 Å². The lowest BCUT2D eigenvalue weighted by Crippen LogP contribution is -2.49. The SMILES string of the molecule is Cc1ccc(CNC2CCCCC2NCc2ccc(C(C)C)cc2)cc1. The van der Waals surface area contributed by atoms with Crippen molar-refractivity contribution >= 4 is 0 Å². The van der Waals surface area contributed by atoms with E-state index in [9.17, 15) is 0 Å². The van der Waals surface area contributed by atoms with E-state index >= 15 is 0 Å². The average Bonchev–Trinajstić information content (AvgIpc) is 2.67. The van der Waals surface area contributed by atoms with Crippen molar-refractivity contribution in [2.45, 2.75) is 77.5 Å². The van der Waals surface area contributed by atoms with Gasteiger partial charge in [0, 0.05) is 25.2 Å². The number of rotatable bonds is 7. The van der Waals surface area contributed by atoms with Crippen molar-refractivity contribution in [1.29, 1.82) is 0 Å². The molecule has 1 saturated carbocycles. The van der Waals surface area contributed by atoms with Crippen LogP contribution in [0, 0.1) is 6.92 Å². The molecule has 140 valence electrons. The van der Waals surface area contributed by atoms with Gasteiger partial charge >= 0.3 is 0 Å². The molecule has 0 spiro atoms. The molecule has 2 unspecified atom stereocenters. The first-order chi connectivity index (χ1) is 12.6. The molecule has 0 aromatic heterocycles. The fraction of sp³-hybridized carbons (Fsp3) is 0.500. The van der Waals surface area contributed by atoms with Gasteiger partial charge in [0.2, 0.25) is 0 Å². The first kappa shape index (κ1) is 19.1. The summed E-state index contributed by atoms with van der Waals surface area (Å²) in [4.78, 5) is 0. The summed E-state index contributed by atoms with van der Waals surface area (Å²) in [6.07, 6.45) is 5.23. The lowest BCUT2D eigenvalue weighted by molar-refractivity contribution is 0.281. The van der Waals surface area contributed by atoms with E-state index in [1.807, 2.05) is 0 Å². The van der Waals surface area contributed by atoms with Gasteiger partial charge in [-0.1, -0.05) is 80.8 Å². The molecule has 0 saturated heterocycles. The largest absolute Gasteiger partial charge is 0.308 e. The molecule has 0 heterocycles. The highest BCUT2D eigenvalue weighted by atomic mass is 15.0. The minimum Gasteiger partial charge on any atom is -0.308 e. The van der Waals surface area contributed by atoms with Crippen LogP contribution in [-0.2, 0) is 13.1 Å². The zero-order chi connectivity index (χ0) is 18.4. The third kappa shape index (κ3) is 5.43. The van der Waals surface area contributed by atoms with Gasteiger partial charge in [-0.05, 0) is 42.4 Å². The van der Waals surface area contributed by atoms with Gasteiger partial charge in [0.1, 0.15) is 0 Å². The van der Waals surface area contributed by atoms with Crippen LogP contribution in [0.1, 0.15) is 67.7 Å². The van der Waals surface area contributed by atoms with Gasteiger partial charge in [-0.3, -0.25) is 0 Å². The van der Waals surface area contributed by atoms with Gasteiger partial charge in [-0.25, -0.2) is 0 Å². The van der Waals surface area contributed by atoms with E-state index in [0.29, 0.717) is 18.0 Å². The second-order valence-electron chi connectivity index (χ2n) is 8.14. The van der Waals surface area contributed by atoms with Crippen molar-refractivity contribution in [1.82, 2.24) is 10.6 Å². The van der Waals surface area contributed by atoms with Crippen LogP contribution in [0.25, 0.3) is 0 Å². The van der Waals surface area contributed by atoms with Crippen molar-refractivity contribution in [3.8, 4) is 0 Å². The molecule has 0 bridgehead atoms. The van der Waals surface area contributed by atoms with Crippen LogP contribution >= 0.6 is 0 Å². The molecular weight excluding hydrogens is 316 g/mol. The fourth-order valence-corrected chi connectivity index (χ4v) is 3.84. The Morgan fingerprint density at radius 2 is 1.23 bits per heavy atom. The zero-order valence-electron chi connectivity index (χ0n) is 16.6. The summed E-state index contributed by atoms with van der Waals surface area (Å²) < 4.78 is 0. The number of benzene rings is 2. The van der Waals surface area contributed by atoms with Crippen LogP contribution in [0.3, 0.4) is 0 Å². The van der Waals surface area contributed by atoms with Crippen LogP contribution in [0.2, 0.25) is 0 Å². The van der Waals surface area contributed by atoms with Gasteiger partial charge in [0.25, 0.3) is 0 Å². The highest BCUT2D eigenvalue weighted by Gasteiger charge is 2.24. The normalized spacial score (nSPS) is 20.5. The predicted molar refractivity (Wildman–Crippen MR) is 111 cm³/mol. The molecule has 1 fully saturated rings. The molecule has 2 N–H and O–H groups in total. The number of hydrogen-bond donors (Lipinski definition) is 2. The topological polar surface area (TPSA) is 24.1 Å². The van der Waals surface area contributed by atoms with E-state index in [1.54, 1.807) is 0 Å². The highest BCUT2D eigenvalue weighted by Crippen LogP contribution is 2.20. The average molecular weight is 351 g/mol.